The molecule has 1 aliphatic rings. The number of hydrogen-bond acceptors (Lipinski definition) is 3. The van der Waals surface area contributed by atoms with Crippen molar-refractivity contribution < 1.29 is 9.59 Å². The molecule has 0 aliphatic carbocycles. The summed E-state index contributed by atoms with van der Waals surface area (Å²) in [5, 5.41) is 2.92. The van der Waals surface area contributed by atoms with E-state index in [0.717, 1.165) is 30.2 Å². The largest absolute Gasteiger partial charge is 0.340 e. The summed E-state index contributed by atoms with van der Waals surface area (Å²) in [7, 11) is 0. The van der Waals surface area contributed by atoms with Crippen LogP contribution in [0.4, 0.5) is 0 Å². The molecule has 2 rings (SSSR count). The number of carbonyl (C=O) groups is 2. The molecule has 0 spiro atoms. The fourth-order valence-electron chi connectivity index (χ4n) is 2.50. The second-order valence-electron chi connectivity index (χ2n) is 6.00. The minimum atomic E-state index is -0.462. The molecule has 1 heterocycles. The Hall–Kier alpha value is -1.49. The molecule has 120 valence electrons. The molecule has 1 N–H and O–H groups in total. The predicted molar refractivity (Wildman–Crippen MR) is 91.2 cm³/mol. The average molecular weight is 320 g/mol. The Balaban J connectivity index is 2.08. The fourth-order valence-corrected chi connectivity index (χ4v) is 3.41. The van der Waals surface area contributed by atoms with Gasteiger partial charge in [0.05, 0.1) is 0 Å². The first-order valence-corrected chi connectivity index (χ1v) is 8.88. The Morgan fingerprint density at radius 1 is 1.23 bits per heavy atom. The molecule has 0 bridgehead atoms. The number of rotatable bonds is 4. The molecule has 1 aromatic rings. The number of amides is 2. The van der Waals surface area contributed by atoms with E-state index in [1.54, 1.807) is 6.07 Å². The molecule has 1 atom stereocenters. The summed E-state index contributed by atoms with van der Waals surface area (Å²) in [5.74, 6) is 1.87. The number of hydrogen-bond donors (Lipinski definition) is 1. The van der Waals surface area contributed by atoms with Crippen LogP contribution >= 0.6 is 11.8 Å². The van der Waals surface area contributed by atoms with Gasteiger partial charge < -0.3 is 10.2 Å². The second-order valence-corrected chi connectivity index (χ2v) is 7.23. The molecule has 5 heteroatoms. The predicted octanol–water partition coefficient (Wildman–Crippen LogP) is 2.32. The molecule has 0 aromatic heterocycles. The normalized spacial score (nSPS) is 16.5. The Bertz CT molecular complexity index is 539. The SMILES string of the molecule is Cc1cccc(C(=O)N[C@@H](C(=O)N2CCSCC2)C(C)C)c1. The van der Waals surface area contributed by atoms with E-state index in [-0.39, 0.29) is 17.7 Å². The first-order valence-electron chi connectivity index (χ1n) is 7.73. The number of benzene rings is 1. The van der Waals surface area contributed by atoms with Crippen molar-refractivity contribution in [2.24, 2.45) is 5.92 Å². The first-order chi connectivity index (χ1) is 10.5. The molecule has 0 saturated carbocycles. The molecule has 2 amide bonds. The van der Waals surface area contributed by atoms with Crippen molar-refractivity contribution in [3.05, 3.63) is 35.4 Å². The highest BCUT2D eigenvalue weighted by Crippen LogP contribution is 2.14. The zero-order chi connectivity index (χ0) is 16.1. The van der Waals surface area contributed by atoms with Crippen molar-refractivity contribution in [1.29, 1.82) is 0 Å². The van der Waals surface area contributed by atoms with Crippen molar-refractivity contribution in [3.63, 3.8) is 0 Å². The van der Waals surface area contributed by atoms with Crippen LogP contribution in [0.5, 0.6) is 0 Å². The summed E-state index contributed by atoms with van der Waals surface area (Å²) in [6, 6.07) is 6.97. The van der Waals surface area contributed by atoms with Crippen LogP contribution in [0.1, 0.15) is 29.8 Å². The van der Waals surface area contributed by atoms with Crippen LogP contribution in [-0.4, -0.2) is 47.4 Å². The third kappa shape index (κ3) is 4.26. The maximum absolute atomic E-state index is 12.7. The van der Waals surface area contributed by atoms with Crippen LogP contribution in [-0.2, 0) is 4.79 Å². The van der Waals surface area contributed by atoms with Crippen molar-refractivity contribution >= 4 is 23.6 Å². The van der Waals surface area contributed by atoms with E-state index in [4.69, 9.17) is 0 Å². The lowest BCUT2D eigenvalue weighted by atomic mass is 10.0. The molecular formula is C17H24N2O2S. The van der Waals surface area contributed by atoms with Crippen LogP contribution in [0.2, 0.25) is 0 Å². The Morgan fingerprint density at radius 2 is 1.91 bits per heavy atom. The molecule has 0 radical (unpaired) electrons. The van der Waals surface area contributed by atoms with E-state index in [1.807, 2.05) is 55.6 Å². The zero-order valence-corrected chi connectivity index (χ0v) is 14.3. The topological polar surface area (TPSA) is 49.4 Å². The van der Waals surface area contributed by atoms with Gasteiger partial charge in [-0.1, -0.05) is 31.5 Å². The van der Waals surface area contributed by atoms with Crippen molar-refractivity contribution in [3.8, 4) is 0 Å². The minimum Gasteiger partial charge on any atom is -0.340 e. The van der Waals surface area contributed by atoms with E-state index in [9.17, 15) is 9.59 Å². The first kappa shape index (κ1) is 16.9. The highest BCUT2D eigenvalue weighted by molar-refractivity contribution is 7.99. The van der Waals surface area contributed by atoms with E-state index < -0.39 is 6.04 Å². The molecule has 22 heavy (non-hydrogen) atoms. The van der Waals surface area contributed by atoms with Gasteiger partial charge in [0.1, 0.15) is 6.04 Å². The van der Waals surface area contributed by atoms with Gasteiger partial charge in [0.15, 0.2) is 0 Å². The number of nitrogens with one attached hydrogen (secondary N) is 1. The lowest BCUT2D eigenvalue weighted by Crippen LogP contribution is -2.53. The van der Waals surface area contributed by atoms with Gasteiger partial charge in [0.2, 0.25) is 5.91 Å². The quantitative estimate of drug-likeness (QED) is 0.926. The molecule has 1 fully saturated rings. The third-order valence-electron chi connectivity index (χ3n) is 3.82. The van der Waals surface area contributed by atoms with Gasteiger partial charge in [0, 0.05) is 30.2 Å². The number of nitrogens with zero attached hydrogens (tertiary/aromatic N) is 1. The van der Waals surface area contributed by atoms with E-state index in [0.29, 0.717) is 5.56 Å². The van der Waals surface area contributed by atoms with E-state index in [2.05, 4.69) is 5.32 Å². The molecule has 1 saturated heterocycles. The fraction of sp³-hybridized carbons (Fsp3) is 0.529. The smallest absolute Gasteiger partial charge is 0.251 e. The molecule has 4 nitrogen and oxygen atoms in total. The lowest BCUT2D eigenvalue weighted by molar-refractivity contribution is -0.133. The van der Waals surface area contributed by atoms with E-state index in [1.165, 1.54) is 0 Å². The summed E-state index contributed by atoms with van der Waals surface area (Å²) in [6.45, 7) is 7.43. The Labute approximate surface area is 136 Å². The zero-order valence-electron chi connectivity index (χ0n) is 13.5. The highest BCUT2D eigenvalue weighted by atomic mass is 32.2. The molecule has 1 aromatic carbocycles. The lowest BCUT2D eigenvalue weighted by Gasteiger charge is -2.32. The average Bonchev–Trinajstić information content (AvgIpc) is 2.52. The van der Waals surface area contributed by atoms with Crippen LogP contribution in [0.3, 0.4) is 0 Å². The minimum absolute atomic E-state index is 0.0382. The van der Waals surface area contributed by atoms with Crippen LogP contribution in [0.15, 0.2) is 24.3 Å². The number of aryl methyl sites for hydroxylation is 1. The summed E-state index contributed by atoms with van der Waals surface area (Å²) in [5.41, 5.74) is 1.64. The van der Waals surface area contributed by atoms with Gasteiger partial charge in [-0.3, -0.25) is 9.59 Å². The van der Waals surface area contributed by atoms with Crippen molar-refractivity contribution in [2.75, 3.05) is 24.6 Å². The van der Waals surface area contributed by atoms with Gasteiger partial charge in [-0.15, -0.1) is 0 Å². The summed E-state index contributed by atoms with van der Waals surface area (Å²) < 4.78 is 0. The van der Waals surface area contributed by atoms with Gasteiger partial charge in [-0.05, 0) is 25.0 Å². The third-order valence-corrected chi connectivity index (χ3v) is 4.76. The van der Waals surface area contributed by atoms with Gasteiger partial charge in [-0.25, -0.2) is 0 Å². The Kier molecular flexibility index (Phi) is 5.89. The van der Waals surface area contributed by atoms with Crippen LogP contribution in [0, 0.1) is 12.8 Å². The Morgan fingerprint density at radius 3 is 2.50 bits per heavy atom. The summed E-state index contributed by atoms with van der Waals surface area (Å²) in [6.07, 6.45) is 0. The molecule has 0 unspecified atom stereocenters. The summed E-state index contributed by atoms with van der Waals surface area (Å²) >= 11 is 1.87. The van der Waals surface area contributed by atoms with Gasteiger partial charge in [-0.2, -0.15) is 11.8 Å². The summed E-state index contributed by atoms with van der Waals surface area (Å²) in [4.78, 5) is 27.0. The van der Waals surface area contributed by atoms with Crippen molar-refractivity contribution in [2.45, 2.75) is 26.8 Å². The van der Waals surface area contributed by atoms with Crippen LogP contribution in [0.25, 0.3) is 0 Å². The molecule has 1 aliphatic heterocycles. The second kappa shape index (κ2) is 7.68. The molecular weight excluding hydrogens is 296 g/mol. The standard InChI is InChI=1S/C17H24N2O2S/c1-12(2)15(17(21)19-7-9-22-10-8-19)18-16(20)14-6-4-5-13(3)11-14/h4-6,11-12,15H,7-10H2,1-3H3,(H,18,20)/t15-/m1/s1. The number of thioether (sulfide) groups is 1. The maximum Gasteiger partial charge on any atom is 0.251 e. The highest BCUT2D eigenvalue weighted by Gasteiger charge is 2.29. The maximum atomic E-state index is 12.7. The van der Waals surface area contributed by atoms with Gasteiger partial charge >= 0.3 is 0 Å². The van der Waals surface area contributed by atoms with Crippen LogP contribution < -0.4 is 5.32 Å². The van der Waals surface area contributed by atoms with Crippen molar-refractivity contribution in [1.82, 2.24) is 10.2 Å². The monoisotopic (exact) mass is 320 g/mol. The van der Waals surface area contributed by atoms with Gasteiger partial charge in [0.25, 0.3) is 5.91 Å². The number of carbonyl (C=O) groups excluding carboxylic acids is 2. The van der Waals surface area contributed by atoms with E-state index >= 15 is 0 Å².